The SMILES string of the molecule is COc1ccc(C2CC(Nc3ccc(F)c(Cl)c3)C2)cc1. The number of ether oxygens (including phenoxy) is 1. The van der Waals surface area contributed by atoms with Crippen LogP contribution in [0.2, 0.25) is 5.02 Å². The topological polar surface area (TPSA) is 21.3 Å². The summed E-state index contributed by atoms with van der Waals surface area (Å²) in [6.45, 7) is 0. The zero-order valence-electron chi connectivity index (χ0n) is 11.8. The van der Waals surface area contributed by atoms with E-state index >= 15 is 0 Å². The molecule has 0 aliphatic heterocycles. The molecule has 2 aromatic rings. The van der Waals surface area contributed by atoms with Gasteiger partial charge in [-0.3, -0.25) is 0 Å². The molecule has 0 atom stereocenters. The second-order valence-electron chi connectivity index (χ2n) is 5.41. The lowest BCUT2D eigenvalue weighted by Crippen LogP contribution is -2.33. The van der Waals surface area contributed by atoms with Gasteiger partial charge in [0, 0.05) is 11.7 Å². The summed E-state index contributed by atoms with van der Waals surface area (Å²) in [5, 5.41) is 3.55. The Morgan fingerprint density at radius 1 is 1.14 bits per heavy atom. The van der Waals surface area contributed by atoms with Gasteiger partial charge in [0.05, 0.1) is 12.1 Å². The lowest BCUT2D eigenvalue weighted by Gasteiger charge is -2.37. The lowest BCUT2D eigenvalue weighted by molar-refractivity contribution is 0.373. The quantitative estimate of drug-likeness (QED) is 0.872. The average Bonchev–Trinajstić information content (AvgIpc) is 2.46. The van der Waals surface area contributed by atoms with Crippen molar-refractivity contribution < 1.29 is 9.13 Å². The average molecular weight is 306 g/mol. The minimum absolute atomic E-state index is 0.158. The number of anilines is 1. The Labute approximate surface area is 128 Å². The van der Waals surface area contributed by atoms with Crippen LogP contribution in [0.5, 0.6) is 5.75 Å². The molecule has 0 amide bonds. The molecule has 0 unspecified atom stereocenters. The first-order valence-corrected chi connectivity index (χ1v) is 7.39. The molecule has 1 N–H and O–H groups in total. The summed E-state index contributed by atoms with van der Waals surface area (Å²) in [4.78, 5) is 0. The number of rotatable bonds is 4. The smallest absolute Gasteiger partial charge is 0.141 e. The standard InChI is InChI=1S/C17H17ClFNO/c1-21-15-5-2-11(3-6-15)12-8-14(9-12)20-13-4-7-17(19)16(18)10-13/h2-7,10,12,14,20H,8-9H2,1H3. The van der Waals surface area contributed by atoms with Crippen LogP contribution in [0.15, 0.2) is 42.5 Å². The van der Waals surface area contributed by atoms with Crippen LogP contribution in [-0.4, -0.2) is 13.2 Å². The van der Waals surface area contributed by atoms with Crippen LogP contribution < -0.4 is 10.1 Å². The van der Waals surface area contributed by atoms with Gasteiger partial charge >= 0.3 is 0 Å². The zero-order valence-corrected chi connectivity index (χ0v) is 12.5. The predicted molar refractivity (Wildman–Crippen MR) is 83.8 cm³/mol. The van der Waals surface area contributed by atoms with Crippen molar-refractivity contribution >= 4 is 17.3 Å². The van der Waals surface area contributed by atoms with Crippen molar-refractivity contribution in [2.45, 2.75) is 24.8 Å². The molecule has 1 aliphatic carbocycles. The molecular weight excluding hydrogens is 289 g/mol. The fraction of sp³-hybridized carbons (Fsp3) is 0.294. The van der Waals surface area contributed by atoms with Gasteiger partial charge < -0.3 is 10.1 Å². The molecule has 0 saturated heterocycles. The number of benzene rings is 2. The van der Waals surface area contributed by atoms with Crippen LogP contribution in [0.1, 0.15) is 24.3 Å². The second-order valence-corrected chi connectivity index (χ2v) is 5.82. The van der Waals surface area contributed by atoms with E-state index in [0.717, 1.165) is 24.3 Å². The summed E-state index contributed by atoms with van der Waals surface area (Å²) >= 11 is 5.78. The Balaban J connectivity index is 1.56. The van der Waals surface area contributed by atoms with Crippen LogP contribution in [0.25, 0.3) is 0 Å². The molecule has 1 saturated carbocycles. The molecule has 1 fully saturated rings. The minimum atomic E-state index is -0.382. The summed E-state index contributed by atoms with van der Waals surface area (Å²) in [6, 6.07) is 13.4. The highest BCUT2D eigenvalue weighted by Crippen LogP contribution is 2.39. The van der Waals surface area contributed by atoms with E-state index < -0.39 is 0 Å². The maximum atomic E-state index is 13.1. The maximum Gasteiger partial charge on any atom is 0.141 e. The van der Waals surface area contributed by atoms with Gasteiger partial charge in [-0.05, 0) is 54.7 Å². The summed E-state index contributed by atoms with van der Waals surface area (Å²) < 4.78 is 18.3. The lowest BCUT2D eigenvalue weighted by atomic mass is 9.76. The third-order valence-corrected chi connectivity index (χ3v) is 4.31. The van der Waals surface area contributed by atoms with Crippen molar-refractivity contribution in [1.82, 2.24) is 0 Å². The summed E-state index contributed by atoms with van der Waals surface area (Å²) in [5.41, 5.74) is 2.21. The number of methoxy groups -OCH3 is 1. The van der Waals surface area contributed by atoms with Crippen molar-refractivity contribution in [2.24, 2.45) is 0 Å². The molecule has 21 heavy (non-hydrogen) atoms. The van der Waals surface area contributed by atoms with Gasteiger partial charge in [0.2, 0.25) is 0 Å². The first kappa shape index (κ1) is 14.2. The Hall–Kier alpha value is -1.74. The van der Waals surface area contributed by atoms with Crippen LogP contribution >= 0.6 is 11.6 Å². The third-order valence-electron chi connectivity index (χ3n) is 4.02. The van der Waals surface area contributed by atoms with Crippen LogP contribution in [0, 0.1) is 5.82 Å². The highest BCUT2D eigenvalue weighted by atomic mass is 35.5. The molecule has 4 heteroatoms. The summed E-state index contributed by atoms with van der Waals surface area (Å²) in [7, 11) is 1.67. The fourth-order valence-corrected chi connectivity index (χ4v) is 2.89. The first-order chi connectivity index (χ1) is 10.2. The molecule has 1 aliphatic rings. The monoisotopic (exact) mass is 305 g/mol. The van der Waals surface area contributed by atoms with Gasteiger partial charge in [-0.2, -0.15) is 0 Å². The van der Waals surface area contributed by atoms with E-state index in [-0.39, 0.29) is 10.8 Å². The Morgan fingerprint density at radius 3 is 2.48 bits per heavy atom. The zero-order chi connectivity index (χ0) is 14.8. The van der Waals surface area contributed by atoms with Crippen molar-refractivity contribution in [3.05, 3.63) is 58.9 Å². The highest BCUT2D eigenvalue weighted by Gasteiger charge is 2.30. The Morgan fingerprint density at radius 2 is 1.86 bits per heavy atom. The van der Waals surface area contributed by atoms with E-state index in [1.54, 1.807) is 19.2 Å². The molecule has 0 heterocycles. The molecule has 3 rings (SSSR count). The van der Waals surface area contributed by atoms with Gasteiger partial charge in [-0.25, -0.2) is 4.39 Å². The molecule has 0 aromatic heterocycles. The molecular formula is C17H17ClFNO. The van der Waals surface area contributed by atoms with Crippen molar-refractivity contribution in [2.75, 3.05) is 12.4 Å². The predicted octanol–water partition coefficient (Wildman–Crippen LogP) is 4.85. The maximum absolute atomic E-state index is 13.1. The van der Waals surface area contributed by atoms with E-state index in [9.17, 15) is 4.39 Å². The highest BCUT2D eigenvalue weighted by molar-refractivity contribution is 6.31. The largest absolute Gasteiger partial charge is 0.497 e. The normalized spacial score (nSPS) is 20.7. The van der Waals surface area contributed by atoms with Gasteiger partial charge in [0.1, 0.15) is 11.6 Å². The number of hydrogen-bond donors (Lipinski definition) is 1. The minimum Gasteiger partial charge on any atom is -0.497 e. The Kier molecular flexibility index (Phi) is 4.02. The number of halogens is 2. The molecule has 0 spiro atoms. The number of hydrogen-bond acceptors (Lipinski definition) is 2. The van der Waals surface area contributed by atoms with Gasteiger partial charge in [-0.1, -0.05) is 23.7 Å². The molecule has 2 nitrogen and oxygen atoms in total. The van der Waals surface area contributed by atoms with E-state index in [0.29, 0.717) is 12.0 Å². The van der Waals surface area contributed by atoms with E-state index in [1.165, 1.54) is 11.6 Å². The van der Waals surface area contributed by atoms with Gasteiger partial charge in [0.25, 0.3) is 0 Å². The van der Waals surface area contributed by atoms with E-state index in [4.69, 9.17) is 16.3 Å². The molecule has 0 radical (unpaired) electrons. The first-order valence-electron chi connectivity index (χ1n) is 7.01. The number of nitrogens with one attached hydrogen (secondary N) is 1. The van der Waals surface area contributed by atoms with E-state index in [1.807, 2.05) is 12.1 Å². The fourth-order valence-electron chi connectivity index (χ4n) is 2.71. The molecule has 110 valence electrons. The van der Waals surface area contributed by atoms with Gasteiger partial charge in [0.15, 0.2) is 0 Å². The van der Waals surface area contributed by atoms with Crippen LogP contribution in [0.3, 0.4) is 0 Å². The Bertz CT molecular complexity index is 623. The van der Waals surface area contributed by atoms with Crippen molar-refractivity contribution in [1.29, 1.82) is 0 Å². The van der Waals surface area contributed by atoms with Crippen LogP contribution in [-0.2, 0) is 0 Å². The van der Waals surface area contributed by atoms with Gasteiger partial charge in [-0.15, -0.1) is 0 Å². The summed E-state index contributed by atoms with van der Waals surface area (Å²) in [6.07, 6.45) is 2.14. The third kappa shape index (κ3) is 3.13. The van der Waals surface area contributed by atoms with Crippen molar-refractivity contribution in [3.63, 3.8) is 0 Å². The van der Waals surface area contributed by atoms with Crippen LogP contribution in [0.4, 0.5) is 10.1 Å². The summed E-state index contributed by atoms with van der Waals surface area (Å²) in [5.74, 6) is 1.07. The second kappa shape index (κ2) is 5.94. The van der Waals surface area contributed by atoms with E-state index in [2.05, 4.69) is 17.4 Å². The molecule has 2 aromatic carbocycles. The molecule has 0 bridgehead atoms. The van der Waals surface area contributed by atoms with Crippen molar-refractivity contribution in [3.8, 4) is 5.75 Å².